The van der Waals surface area contributed by atoms with Gasteiger partial charge in [0.05, 0.1) is 6.20 Å². The van der Waals surface area contributed by atoms with Gasteiger partial charge in [0.1, 0.15) is 4.90 Å². The number of nitrogens with one attached hydrogen (secondary N) is 1. The van der Waals surface area contributed by atoms with Crippen molar-refractivity contribution in [2.24, 2.45) is 5.92 Å². The van der Waals surface area contributed by atoms with E-state index in [0.29, 0.717) is 10.8 Å². The summed E-state index contributed by atoms with van der Waals surface area (Å²) in [5, 5.41) is 7.40. The first-order valence-electron chi connectivity index (χ1n) is 5.49. The molecule has 0 bridgehead atoms. The zero-order valence-electron chi connectivity index (χ0n) is 9.39. The van der Waals surface area contributed by atoms with Gasteiger partial charge in [0, 0.05) is 19.0 Å². The van der Waals surface area contributed by atoms with Crippen molar-refractivity contribution < 1.29 is 8.42 Å². The van der Waals surface area contributed by atoms with Crippen molar-refractivity contribution in [2.75, 3.05) is 19.3 Å². The molecule has 0 saturated carbocycles. The van der Waals surface area contributed by atoms with Crippen LogP contribution in [-0.4, -0.2) is 37.5 Å². The molecule has 1 saturated heterocycles. The molecule has 5 nitrogen and oxygen atoms in total. The number of rotatable bonds is 3. The van der Waals surface area contributed by atoms with Crippen molar-refractivity contribution in [3.63, 3.8) is 0 Å². The molecule has 1 aromatic rings. The molecule has 1 fully saturated rings. The van der Waals surface area contributed by atoms with Gasteiger partial charge in [-0.15, -0.1) is 0 Å². The van der Waals surface area contributed by atoms with Crippen LogP contribution in [0.1, 0.15) is 12.8 Å². The van der Waals surface area contributed by atoms with Gasteiger partial charge in [-0.25, -0.2) is 8.42 Å². The van der Waals surface area contributed by atoms with Crippen LogP contribution in [-0.2, 0) is 16.4 Å². The van der Waals surface area contributed by atoms with Crippen molar-refractivity contribution in [1.29, 1.82) is 0 Å². The topological polar surface area (TPSA) is 64.0 Å². The molecule has 0 atom stereocenters. The lowest BCUT2D eigenvalue weighted by molar-refractivity contribution is 0.321. The van der Waals surface area contributed by atoms with E-state index in [4.69, 9.17) is 0 Å². The summed E-state index contributed by atoms with van der Waals surface area (Å²) < 4.78 is 24.3. The molecule has 1 N–H and O–H groups in total. The Labute approximate surface area is 95.8 Å². The molecule has 0 spiro atoms. The van der Waals surface area contributed by atoms with Crippen LogP contribution in [0, 0.1) is 5.92 Å². The van der Waals surface area contributed by atoms with E-state index in [0.717, 1.165) is 32.5 Å². The minimum atomic E-state index is -3.12. The van der Waals surface area contributed by atoms with Gasteiger partial charge in [-0.3, -0.25) is 4.68 Å². The first-order chi connectivity index (χ1) is 7.55. The summed E-state index contributed by atoms with van der Waals surface area (Å²) in [6.45, 7) is 2.91. The predicted octanol–water partition coefficient (Wildman–Crippen LogP) is 0.286. The molecule has 2 rings (SSSR count). The molecule has 16 heavy (non-hydrogen) atoms. The maximum atomic E-state index is 11.3. The SMILES string of the molecule is CS(=O)(=O)c1cnn(CC2CCNCC2)c1. The van der Waals surface area contributed by atoms with Crippen molar-refractivity contribution in [1.82, 2.24) is 15.1 Å². The van der Waals surface area contributed by atoms with E-state index in [-0.39, 0.29) is 0 Å². The van der Waals surface area contributed by atoms with Crippen LogP contribution in [0.2, 0.25) is 0 Å². The Kier molecular flexibility index (Phi) is 3.30. The Bertz CT molecular complexity index is 446. The van der Waals surface area contributed by atoms with Crippen molar-refractivity contribution in [2.45, 2.75) is 24.3 Å². The van der Waals surface area contributed by atoms with Crippen LogP contribution < -0.4 is 5.32 Å². The van der Waals surface area contributed by atoms with E-state index in [1.807, 2.05) is 0 Å². The summed E-state index contributed by atoms with van der Waals surface area (Å²) in [4.78, 5) is 0.307. The molecule has 0 aromatic carbocycles. The number of nitrogens with zero attached hydrogens (tertiary/aromatic N) is 2. The summed E-state index contributed by atoms with van der Waals surface area (Å²) in [5.41, 5.74) is 0. The van der Waals surface area contributed by atoms with Gasteiger partial charge in [0.2, 0.25) is 0 Å². The third kappa shape index (κ3) is 2.82. The number of hydrogen-bond acceptors (Lipinski definition) is 4. The molecular weight excluding hydrogens is 226 g/mol. The average Bonchev–Trinajstić information content (AvgIpc) is 2.67. The van der Waals surface area contributed by atoms with Crippen LogP contribution in [0.4, 0.5) is 0 Å². The molecule has 1 aliphatic heterocycles. The van der Waals surface area contributed by atoms with Crippen molar-refractivity contribution in [3.05, 3.63) is 12.4 Å². The molecule has 1 aromatic heterocycles. The largest absolute Gasteiger partial charge is 0.317 e. The monoisotopic (exact) mass is 243 g/mol. The Morgan fingerprint density at radius 3 is 2.75 bits per heavy atom. The van der Waals surface area contributed by atoms with Crippen LogP contribution in [0.3, 0.4) is 0 Å². The minimum Gasteiger partial charge on any atom is -0.317 e. The number of sulfone groups is 1. The molecule has 1 aliphatic rings. The standard InChI is InChI=1S/C10H17N3O2S/c1-16(14,15)10-6-12-13(8-10)7-9-2-4-11-5-3-9/h6,8-9,11H,2-5,7H2,1H3. The second kappa shape index (κ2) is 4.55. The number of aromatic nitrogens is 2. The highest BCUT2D eigenvalue weighted by atomic mass is 32.2. The fourth-order valence-electron chi connectivity index (χ4n) is 1.96. The smallest absolute Gasteiger partial charge is 0.178 e. The number of piperidine rings is 1. The van der Waals surface area contributed by atoms with E-state index in [9.17, 15) is 8.42 Å². The van der Waals surface area contributed by atoms with E-state index in [1.165, 1.54) is 12.5 Å². The Balaban J connectivity index is 2.02. The van der Waals surface area contributed by atoms with E-state index < -0.39 is 9.84 Å². The zero-order valence-corrected chi connectivity index (χ0v) is 10.2. The van der Waals surface area contributed by atoms with Gasteiger partial charge in [-0.05, 0) is 31.8 Å². The lowest BCUT2D eigenvalue weighted by atomic mass is 9.98. The predicted molar refractivity (Wildman–Crippen MR) is 60.9 cm³/mol. The first kappa shape index (κ1) is 11.6. The molecule has 2 heterocycles. The number of hydrogen-bond donors (Lipinski definition) is 1. The van der Waals surface area contributed by atoms with Crippen LogP contribution in [0.5, 0.6) is 0 Å². The first-order valence-corrected chi connectivity index (χ1v) is 7.38. The van der Waals surface area contributed by atoms with Gasteiger partial charge in [0.15, 0.2) is 9.84 Å². The molecule has 6 heteroatoms. The molecule has 0 unspecified atom stereocenters. The highest BCUT2D eigenvalue weighted by Gasteiger charge is 2.15. The fraction of sp³-hybridized carbons (Fsp3) is 0.700. The van der Waals surface area contributed by atoms with Gasteiger partial charge in [-0.2, -0.15) is 5.10 Å². The molecule has 90 valence electrons. The summed E-state index contributed by atoms with van der Waals surface area (Å²) in [5.74, 6) is 0.605. The normalized spacial score (nSPS) is 18.8. The van der Waals surface area contributed by atoms with E-state index in [2.05, 4.69) is 10.4 Å². The maximum absolute atomic E-state index is 11.3. The van der Waals surface area contributed by atoms with Crippen LogP contribution in [0.15, 0.2) is 17.3 Å². The summed E-state index contributed by atoms with van der Waals surface area (Å²) in [7, 11) is -3.12. The lowest BCUT2D eigenvalue weighted by Gasteiger charge is -2.22. The third-order valence-corrected chi connectivity index (χ3v) is 4.01. The highest BCUT2D eigenvalue weighted by Crippen LogP contribution is 2.15. The quantitative estimate of drug-likeness (QED) is 0.828. The van der Waals surface area contributed by atoms with Gasteiger partial charge in [0.25, 0.3) is 0 Å². The second-order valence-corrected chi connectivity index (χ2v) is 6.38. The third-order valence-electron chi connectivity index (χ3n) is 2.94. The summed E-state index contributed by atoms with van der Waals surface area (Å²) in [6, 6.07) is 0. The molecule has 0 amide bonds. The Morgan fingerprint density at radius 1 is 1.50 bits per heavy atom. The average molecular weight is 243 g/mol. The summed E-state index contributed by atoms with van der Waals surface area (Å²) >= 11 is 0. The zero-order chi connectivity index (χ0) is 11.6. The lowest BCUT2D eigenvalue weighted by Crippen LogP contribution is -2.29. The Morgan fingerprint density at radius 2 is 2.19 bits per heavy atom. The molecule has 0 radical (unpaired) electrons. The summed E-state index contributed by atoms with van der Waals surface area (Å²) in [6.07, 6.45) is 6.52. The van der Waals surface area contributed by atoms with E-state index in [1.54, 1.807) is 10.9 Å². The van der Waals surface area contributed by atoms with Gasteiger partial charge in [-0.1, -0.05) is 0 Å². The van der Waals surface area contributed by atoms with Crippen LogP contribution >= 0.6 is 0 Å². The molecule has 0 aliphatic carbocycles. The van der Waals surface area contributed by atoms with Gasteiger partial charge >= 0.3 is 0 Å². The van der Waals surface area contributed by atoms with Crippen molar-refractivity contribution in [3.8, 4) is 0 Å². The van der Waals surface area contributed by atoms with E-state index >= 15 is 0 Å². The van der Waals surface area contributed by atoms with Gasteiger partial charge < -0.3 is 5.32 Å². The van der Waals surface area contributed by atoms with Crippen molar-refractivity contribution >= 4 is 9.84 Å². The highest BCUT2D eigenvalue weighted by molar-refractivity contribution is 7.90. The second-order valence-electron chi connectivity index (χ2n) is 4.36. The molecular formula is C10H17N3O2S. The maximum Gasteiger partial charge on any atom is 0.178 e. The fourth-order valence-corrected chi connectivity index (χ4v) is 2.52. The minimum absolute atomic E-state index is 0.307. The Hall–Kier alpha value is -0.880. The van der Waals surface area contributed by atoms with Crippen LogP contribution in [0.25, 0.3) is 0 Å².